The van der Waals surface area contributed by atoms with Crippen molar-refractivity contribution in [1.82, 2.24) is 19.4 Å². The summed E-state index contributed by atoms with van der Waals surface area (Å²) in [5.41, 5.74) is 0.522. The zero-order valence-electron chi connectivity index (χ0n) is 18.1. The van der Waals surface area contributed by atoms with E-state index in [0.29, 0.717) is 54.5 Å². The highest BCUT2D eigenvalue weighted by atomic mass is 32.2. The predicted molar refractivity (Wildman–Crippen MR) is 123 cm³/mol. The molecule has 10 heteroatoms. The SMILES string of the molecule is CCOC(=O)N1CCN(C(=O)CSc2nc3ccccc3c(=O)n2-c2cccc(F)c2)CC1. The van der Waals surface area contributed by atoms with E-state index in [0.717, 1.165) is 11.8 Å². The van der Waals surface area contributed by atoms with E-state index in [1.807, 2.05) is 0 Å². The van der Waals surface area contributed by atoms with E-state index in [9.17, 15) is 18.8 Å². The molecule has 1 aliphatic rings. The maximum atomic E-state index is 13.9. The van der Waals surface area contributed by atoms with Gasteiger partial charge in [-0.3, -0.25) is 14.2 Å². The van der Waals surface area contributed by atoms with Gasteiger partial charge in [0, 0.05) is 26.2 Å². The van der Waals surface area contributed by atoms with Gasteiger partial charge in [-0.05, 0) is 37.3 Å². The number of hydrogen-bond donors (Lipinski definition) is 0. The molecule has 1 aromatic heterocycles. The first-order valence-electron chi connectivity index (χ1n) is 10.6. The molecule has 0 radical (unpaired) electrons. The van der Waals surface area contributed by atoms with Gasteiger partial charge in [-0.25, -0.2) is 14.2 Å². The number of aromatic nitrogens is 2. The monoisotopic (exact) mass is 470 g/mol. The van der Waals surface area contributed by atoms with Crippen LogP contribution in [0.2, 0.25) is 0 Å². The van der Waals surface area contributed by atoms with Gasteiger partial charge in [-0.2, -0.15) is 0 Å². The summed E-state index contributed by atoms with van der Waals surface area (Å²) in [7, 11) is 0. The Morgan fingerprint density at radius 3 is 2.52 bits per heavy atom. The molecule has 0 unspecified atom stereocenters. The molecule has 1 aliphatic heterocycles. The Kier molecular flexibility index (Phi) is 6.93. The standard InChI is InChI=1S/C23H23FN4O4S/c1-2-32-23(31)27-12-10-26(11-13-27)20(29)15-33-22-25-19-9-4-3-8-18(19)21(30)28(22)17-7-5-6-16(24)14-17/h3-9,14H,2,10-13,15H2,1H3. The van der Waals surface area contributed by atoms with Crippen molar-refractivity contribution >= 4 is 34.7 Å². The summed E-state index contributed by atoms with van der Waals surface area (Å²) in [6.45, 7) is 3.66. The number of halogens is 1. The molecule has 2 aromatic carbocycles. The molecule has 3 aromatic rings. The first kappa shape index (κ1) is 22.8. The lowest BCUT2D eigenvalue weighted by Gasteiger charge is -2.34. The fourth-order valence-electron chi connectivity index (χ4n) is 3.62. The number of rotatable bonds is 5. The molecule has 2 amide bonds. The molecule has 33 heavy (non-hydrogen) atoms. The van der Waals surface area contributed by atoms with Crippen LogP contribution in [0, 0.1) is 5.82 Å². The molecular weight excluding hydrogens is 447 g/mol. The number of thioether (sulfide) groups is 1. The van der Waals surface area contributed by atoms with Gasteiger partial charge in [0.25, 0.3) is 5.56 Å². The van der Waals surface area contributed by atoms with E-state index in [2.05, 4.69) is 4.98 Å². The number of carbonyl (C=O) groups is 2. The third kappa shape index (κ3) is 5.00. The van der Waals surface area contributed by atoms with Crippen LogP contribution in [0.25, 0.3) is 16.6 Å². The zero-order chi connectivity index (χ0) is 23.4. The minimum Gasteiger partial charge on any atom is -0.450 e. The molecule has 0 N–H and O–H groups in total. The van der Waals surface area contributed by atoms with Crippen molar-refractivity contribution in [2.45, 2.75) is 12.1 Å². The lowest BCUT2D eigenvalue weighted by molar-refractivity contribution is -0.129. The second kappa shape index (κ2) is 10.0. The van der Waals surface area contributed by atoms with Gasteiger partial charge in [0.2, 0.25) is 5.91 Å². The highest BCUT2D eigenvalue weighted by Gasteiger charge is 2.25. The first-order valence-corrected chi connectivity index (χ1v) is 11.6. The highest BCUT2D eigenvalue weighted by molar-refractivity contribution is 7.99. The third-order valence-corrected chi connectivity index (χ3v) is 6.22. The Morgan fingerprint density at radius 1 is 1.06 bits per heavy atom. The molecule has 0 spiro atoms. The smallest absolute Gasteiger partial charge is 0.409 e. The number of benzene rings is 2. The first-order chi connectivity index (χ1) is 16.0. The molecule has 8 nitrogen and oxygen atoms in total. The predicted octanol–water partition coefficient (Wildman–Crippen LogP) is 2.92. The summed E-state index contributed by atoms with van der Waals surface area (Å²) in [6, 6.07) is 12.6. The van der Waals surface area contributed by atoms with Crippen LogP contribution in [0.1, 0.15) is 6.92 Å². The van der Waals surface area contributed by atoms with Crippen LogP contribution in [0.3, 0.4) is 0 Å². The minimum atomic E-state index is -0.473. The second-order valence-corrected chi connectivity index (χ2v) is 8.33. The molecule has 0 aliphatic carbocycles. The van der Waals surface area contributed by atoms with E-state index in [1.54, 1.807) is 47.1 Å². The van der Waals surface area contributed by atoms with E-state index >= 15 is 0 Å². The average Bonchev–Trinajstić information content (AvgIpc) is 2.83. The number of ether oxygens (including phenoxy) is 1. The van der Waals surface area contributed by atoms with Crippen LogP contribution in [-0.4, -0.2) is 69.9 Å². The van der Waals surface area contributed by atoms with Crippen molar-refractivity contribution in [1.29, 1.82) is 0 Å². The number of fused-ring (bicyclic) bond motifs is 1. The number of carbonyl (C=O) groups excluding carboxylic acids is 2. The Hall–Kier alpha value is -3.40. The maximum absolute atomic E-state index is 13.9. The number of para-hydroxylation sites is 1. The van der Waals surface area contributed by atoms with Crippen molar-refractivity contribution in [3.05, 3.63) is 64.7 Å². The van der Waals surface area contributed by atoms with Crippen LogP contribution >= 0.6 is 11.8 Å². The van der Waals surface area contributed by atoms with Gasteiger partial charge in [-0.1, -0.05) is 30.0 Å². The quantitative estimate of drug-likeness (QED) is 0.421. The largest absolute Gasteiger partial charge is 0.450 e. The summed E-state index contributed by atoms with van der Waals surface area (Å²) in [5.74, 6) is -0.546. The van der Waals surface area contributed by atoms with Gasteiger partial charge >= 0.3 is 6.09 Å². The number of hydrogen-bond acceptors (Lipinski definition) is 6. The lowest BCUT2D eigenvalue weighted by atomic mass is 10.2. The van der Waals surface area contributed by atoms with Crippen molar-refractivity contribution < 1.29 is 18.7 Å². The van der Waals surface area contributed by atoms with Crippen LogP contribution in [-0.2, 0) is 9.53 Å². The Balaban J connectivity index is 1.54. The lowest BCUT2D eigenvalue weighted by Crippen LogP contribution is -2.51. The average molecular weight is 471 g/mol. The zero-order valence-corrected chi connectivity index (χ0v) is 18.9. The van der Waals surface area contributed by atoms with Crippen molar-refractivity contribution in [3.8, 4) is 5.69 Å². The maximum Gasteiger partial charge on any atom is 0.409 e. The van der Waals surface area contributed by atoms with E-state index in [-0.39, 0.29) is 23.3 Å². The summed E-state index contributed by atoms with van der Waals surface area (Å²) < 4.78 is 20.2. The Labute approximate surface area is 194 Å². The van der Waals surface area contributed by atoms with E-state index < -0.39 is 5.82 Å². The topological polar surface area (TPSA) is 84.7 Å². The van der Waals surface area contributed by atoms with E-state index in [1.165, 1.54) is 22.8 Å². The molecule has 1 saturated heterocycles. The summed E-state index contributed by atoms with van der Waals surface area (Å²) in [4.78, 5) is 45.7. The van der Waals surface area contributed by atoms with Crippen LogP contribution < -0.4 is 5.56 Å². The second-order valence-electron chi connectivity index (χ2n) is 7.39. The van der Waals surface area contributed by atoms with Crippen LogP contribution in [0.5, 0.6) is 0 Å². The van der Waals surface area contributed by atoms with Gasteiger partial charge in [-0.15, -0.1) is 0 Å². The van der Waals surface area contributed by atoms with Gasteiger partial charge in [0.15, 0.2) is 5.16 Å². The molecule has 172 valence electrons. The Bertz CT molecular complexity index is 1240. The normalized spacial score (nSPS) is 13.9. The van der Waals surface area contributed by atoms with Crippen molar-refractivity contribution in [3.63, 3.8) is 0 Å². The summed E-state index contributed by atoms with van der Waals surface area (Å²) in [5, 5.41) is 0.718. The molecule has 0 atom stereocenters. The van der Waals surface area contributed by atoms with Crippen molar-refractivity contribution in [2.24, 2.45) is 0 Å². The number of nitrogens with zero attached hydrogens (tertiary/aromatic N) is 4. The fraction of sp³-hybridized carbons (Fsp3) is 0.304. The summed E-state index contributed by atoms with van der Waals surface area (Å²) in [6.07, 6.45) is -0.376. The van der Waals surface area contributed by atoms with Crippen molar-refractivity contribution in [2.75, 3.05) is 38.5 Å². The van der Waals surface area contributed by atoms with E-state index in [4.69, 9.17) is 4.74 Å². The van der Waals surface area contributed by atoms with Gasteiger partial charge in [0.1, 0.15) is 5.82 Å². The molecule has 2 heterocycles. The van der Waals surface area contributed by atoms with Gasteiger partial charge < -0.3 is 14.5 Å². The molecule has 4 rings (SSSR count). The van der Waals surface area contributed by atoms with Crippen LogP contribution in [0.4, 0.5) is 9.18 Å². The molecule has 0 bridgehead atoms. The molecular formula is C23H23FN4O4S. The highest BCUT2D eigenvalue weighted by Crippen LogP contribution is 2.22. The molecule has 0 saturated carbocycles. The minimum absolute atomic E-state index is 0.0551. The van der Waals surface area contributed by atoms with Gasteiger partial charge in [0.05, 0.1) is 29.0 Å². The van der Waals surface area contributed by atoms with Crippen LogP contribution in [0.15, 0.2) is 58.5 Å². The summed E-state index contributed by atoms with van der Waals surface area (Å²) >= 11 is 1.13. The number of amides is 2. The Morgan fingerprint density at radius 2 is 1.79 bits per heavy atom. The third-order valence-electron chi connectivity index (χ3n) is 5.29. The molecule has 1 fully saturated rings. The number of piperazine rings is 1. The fourth-order valence-corrected chi connectivity index (χ4v) is 4.54.